The first-order valence-corrected chi connectivity index (χ1v) is 12.3. The Morgan fingerprint density at radius 3 is 2.43 bits per heavy atom. The highest BCUT2D eigenvalue weighted by molar-refractivity contribution is 8.14. The molecule has 0 N–H and O–H groups in total. The molecule has 3 heterocycles. The summed E-state index contributed by atoms with van der Waals surface area (Å²) in [4.78, 5) is 14.7. The minimum absolute atomic E-state index is 0.0396. The lowest BCUT2D eigenvalue weighted by Gasteiger charge is -2.32. The van der Waals surface area contributed by atoms with E-state index in [2.05, 4.69) is 65.3 Å². The summed E-state index contributed by atoms with van der Waals surface area (Å²) < 4.78 is 0. The lowest BCUT2D eigenvalue weighted by atomic mass is 9.95. The summed E-state index contributed by atoms with van der Waals surface area (Å²) in [6.07, 6.45) is 2.99. The molecule has 3 aromatic rings. The second-order valence-corrected chi connectivity index (χ2v) is 10.0. The number of amidine groups is 1. The van der Waals surface area contributed by atoms with Gasteiger partial charge in [-0.1, -0.05) is 60.2 Å². The highest BCUT2D eigenvalue weighted by Crippen LogP contribution is 2.48. The Morgan fingerprint density at radius 1 is 1.03 bits per heavy atom. The van der Waals surface area contributed by atoms with Gasteiger partial charge >= 0.3 is 0 Å². The van der Waals surface area contributed by atoms with E-state index in [0.29, 0.717) is 6.04 Å². The van der Waals surface area contributed by atoms with Crippen LogP contribution in [0.25, 0.3) is 0 Å². The summed E-state index contributed by atoms with van der Waals surface area (Å²) in [6.45, 7) is 2.27. The van der Waals surface area contributed by atoms with Crippen LogP contribution in [0.1, 0.15) is 36.7 Å². The van der Waals surface area contributed by atoms with E-state index in [1.54, 1.807) is 11.8 Å². The maximum atomic E-state index is 6.01. The Balaban J connectivity index is 1.44. The molecule has 2 aromatic carbocycles. The fourth-order valence-corrected chi connectivity index (χ4v) is 6.36. The average Bonchev–Trinajstić information content (AvgIpc) is 3.36. The molecule has 3 nitrogen and oxygen atoms in total. The molecule has 3 atom stereocenters. The first-order valence-electron chi connectivity index (χ1n) is 10.2. The van der Waals surface area contributed by atoms with E-state index in [1.165, 1.54) is 20.5 Å². The number of hydrogen-bond donors (Lipinski definition) is 0. The normalized spacial score (nSPS) is 22.8. The molecule has 2 aliphatic rings. The summed E-state index contributed by atoms with van der Waals surface area (Å²) in [7, 11) is 0. The number of rotatable bonds is 5. The molecule has 1 saturated heterocycles. The molecule has 0 bridgehead atoms. The standard InChI is InChI=1S/C24H22ClN3S2/c1-2-18-15-29-24-27-22(21-5-3-4-14-26-21)23(28(18)24)16-6-10-19(11-7-16)30-20-12-8-17(25)9-13-20/h3-14,18,22-23H,2,15H2,1H3/t18-,22-,23+/m0/s1. The number of pyridine rings is 1. The predicted molar refractivity (Wildman–Crippen MR) is 128 cm³/mol. The van der Waals surface area contributed by atoms with Crippen LogP contribution in [0.15, 0.2) is 87.7 Å². The monoisotopic (exact) mass is 451 g/mol. The van der Waals surface area contributed by atoms with Crippen LogP contribution in [0.3, 0.4) is 0 Å². The van der Waals surface area contributed by atoms with Crippen LogP contribution in [0, 0.1) is 0 Å². The van der Waals surface area contributed by atoms with Crippen LogP contribution in [-0.2, 0) is 0 Å². The maximum Gasteiger partial charge on any atom is 0.160 e. The number of thioether (sulfide) groups is 1. The van der Waals surface area contributed by atoms with Crippen molar-refractivity contribution in [1.82, 2.24) is 9.88 Å². The zero-order valence-corrected chi connectivity index (χ0v) is 19.0. The molecule has 2 aliphatic heterocycles. The Labute approximate surface area is 191 Å². The van der Waals surface area contributed by atoms with Gasteiger partial charge in [-0.25, -0.2) is 0 Å². The van der Waals surface area contributed by atoms with Crippen LogP contribution in [0.2, 0.25) is 5.02 Å². The summed E-state index contributed by atoms with van der Waals surface area (Å²) in [5, 5.41) is 1.93. The minimum Gasteiger partial charge on any atom is -0.338 e. The molecular weight excluding hydrogens is 430 g/mol. The van der Waals surface area contributed by atoms with Crippen molar-refractivity contribution in [3.8, 4) is 0 Å². The lowest BCUT2D eigenvalue weighted by Crippen LogP contribution is -2.35. The Hall–Kier alpha value is -1.95. The number of aromatic nitrogens is 1. The molecule has 0 spiro atoms. The topological polar surface area (TPSA) is 28.5 Å². The Kier molecular flexibility index (Phi) is 5.77. The zero-order chi connectivity index (χ0) is 20.5. The van der Waals surface area contributed by atoms with E-state index in [9.17, 15) is 0 Å². The fourth-order valence-electron chi connectivity index (χ4n) is 4.08. The van der Waals surface area contributed by atoms with Crippen molar-refractivity contribution >= 4 is 40.3 Å². The quantitative estimate of drug-likeness (QED) is 0.423. The van der Waals surface area contributed by atoms with Gasteiger partial charge in [-0.2, -0.15) is 0 Å². The molecule has 0 aliphatic carbocycles. The van der Waals surface area contributed by atoms with Crippen LogP contribution in [-0.4, -0.2) is 26.8 Å². The van der Waals surface area contributed by atoms with Gasteiger partial charge in [0.15, 0.2) is 5.17 Å². The van der Waals surface area contributed by atoms with Gasteiger partial charge in [0.05, 0.1) is 11.7 Å². The first kappa shape index (κ1) is 20.0. The summed E-state index contributed by atoms with van der Waals surface area (Å²) in [6, 6.07) is 23.8. The van der Waals surface area contributed by atoms with Gasteiger partial charge in [0.25, 0.3) is 0 Å². The number of nitrogens with zero attached hydrogens (tertiary/aromatic N) is 3. The maximum absolute atomic E-state index is 6.01. The second-order valence-electron chi connectivity index (χ2n) is 7.46. The Bertz CT molecular complexity index is 1040. The number of halogens is 1. The van der Waals surface area contributed by atoms with E-state index < -0.39 is 0 Å². The third-order valence-corrected chi connectivity index (χ3v) is 7.99. The smallest absolute Gasteiger partial charge is 0.160 e. The van der Waals surface area contributed by atoms with Gasteiger partial charge < -0.3 is 4.90 Å². The molecule has 5 rings (SSSR count). The number of aliphatic imine (C=N–C) groups is 1. The van der Waals surface area contributed by atoms with Gasteiger partial charge in [0, 0.05) is 32.8 Å². The van der Waals surface area contributed by atoms with Crippen molar-refractivity contribution in [3.63, 3.8) is 0 Å². The highest BCUT2D eigenvalue weighted by Gasteiger charge is 2.45. The Morgan fingerprint density at radius 2 is 1.77 bits per heavy atom. The third-order valence-electron chi connectivity index (χ3n) is 5.60. The molecule has 0 saturated carbocycles. The van der Waals surface area contributed by atoms with Crippen molar-refractivity contribution in [1.29, 1.82) is 0 Å². The molecule has 0 unspecified atom stereocenters. The van der Waals surface area contributed by atoms with Crippen molar-refractivity contribution in [2.75, 3.05) is 5.75 Å². The molecule has 1 aromatic heterocycles. The minimum atomic E-state index is 0.0396. The molecular formula is C24H22ClN3S2. The molecule has 0 amide bonds. The van der Waals surface area contributed by atoms with Crippen molar-refractivity contribution in [3.05, 3.63) is 89.2 Å². The number of hydrogen-bond acceptors (Lipinski definition) is 5. The summed E-state index contributed by atoms with van der Waals surface area (Å²) in [5.74, 6) is 1.12. The van der Waals surface area contributed by atoms with Crippen LogP contribution in [0.5, 0.6) is 0 Å². The van der Waals surface area contributed by atoms with E-state index in [0.717, 1.165) is 22.9 Å². The lowest BCUT2D eigenvalue weighted by molar-refractivity contribution is 0.255. The van der Waals surface area contributed by atoms with Gasteiger partial charge in [-0.05, 0) is 60.5 Å². The first-order chi connectivity index (χ1) is 14.7. The summed E-state index contributed by atoms with van der Waals surface area (Å²) >= 11 is 9.64. The van der Waals surface area contributed by atoms with E-state index in [4.69, 9.17) is 16.6 Å². The molecule has 6 heteroatoms. The average molecular weight is 452 g/mol. The van der Waals surface area contributed by atoms with Gasteiger partial charge in [-0.15, -0.1) is 0 Å². The summed E-state index contributed by atoms with van der Waals surface area (Å²) in [5.41, 5.74) is 2.34. The van der Waals surface area contributed by atoms with Gasteiger partial charge in [0.2, 0.25) is 0 Å². The number of benzene rings is 2. The number of fused-ring (bicyclic) bond motifs is 1. The highest BCUT2D eigenvalue weighted by atomic mass is 35.5. The second kappa shape index (κ2) is 8.66. The van der Waals surface area contributed by atoms with E-state index in [-0.39, 0.29) is 12.1 Å². The predicted octanol–water partition coefficient (Wildman–Crippen LogP) is 6.87. The van der Waals surface area contributed by atoms with Crippen molar-refractivity contribution in [2.24, 2.45) is 4.99 Å². The molecule has 1 fully saturated rings. The molecule has 0 radical (unpaired) electrons. The van der Waals surface area contributed by atoms with Gasteiger partial charge in [-0.3, -0.25) is 9.98 Å². The SMILES string of the molecule is CC[C@H]1CSC2=N[C@@H](c3ccccn3)[C@@H](c3ccc(Sc4ccc(Cl)cc4)cc3)N21. The van der Waals surface area contributed by atoms with E-state index in [1.807, 2.05) is 36.2 Å². The largest absolute Gasteiger partial charge is 0.338 e. The molecule has 30 heavy (non-hydrogen) atoms. The van der Waals surface area contributed by atoms with Crippen molar-refractivity contribution in [2.45, 2.75) is 41.3 Å². The van der Waals surface area contributed by atoms with Crippen LogP contribution in [0.4, 0.5) is 0 Å². The van der Waals surface area contributed by atoms with Crippen LogP contribution >= 0.6 is 35.1 Å². The molecule has 152 valence electrons. The van der Waals surface area contributed by atoms with E-state index >= 15 is 0 Å². The third kappa shape index (κ3) is 3.86. The fraction of sp³-hybridized carbons (Fsp3) is 0.250. The zero-order valence-electron chi connectivity index (χ0n) is 16.6. The van der Waals surface area contributed by atoms with Crippen molar-refractivity contribution < 1.29 is 0 Å². The van der Waals surface area contributed by atoms with Crippen LogP contribution < -0.4 is 0 Å². The van der Waals surface area contributed by atoms with Gasteiger partial charge in [0.1, 0.15) is 6.04 Å².